The van der Waals surface area contributed by atoms with Gasteiger partial charge in [-0.15, -0.1) is 11.3 Å². The van der Waals surface area contributed by atoms with Gasteiger partial charge in [0.05, 0.1) is 5.69 Å². The molecule has 4 rings (SSSR count). The van der Waals surface area contributed by atoms with E-state index in [0.717, 1.165) is 33.3 Å². The number of nitrogens with zero attached hydrogens (tertiary/aromatic N) is 3. The van der Waals surface area contributed by atoms with Crippen LogP contribution in [0.3, 0.4) is 0 Å². The van der Waals surface area contributed by atoms with Crippen molar-refractivity contribution in [3.63, 3.8) is 0 Å². The van der Waals surface area contributed by atoms with Crippen LogP contribution >= 0.6 is 23.1 Å². The van der Waals surface area contributed by atoms with Gasteiger partial charge in [-0.1, -0.05) is 12.1 Å². The van der Waals surface area contributed by atoms with Crippen LogP contribution in [0.15, 0.2) is 50.5 Å². The van der Waals surface area contributed by atoms with E-state index in [1.165, 1.54) is 11.8 Å². The topological polar surface area (TPSA) is 55.4 Å². The summed E-state index contributed by atoms with van der Waals surface area (Å²) in [4.78, 5) is 10.1. The standard InChI is InChI=1S/C14H12N4OS2/c1-15-8-10-12(17-13-18(10)6-7-20-13)21-14-16-9-4-2-3-5-11(9)19-14/h2-7,15H,8H2,1H3. The Morgan fingerprint density at radius 1 is 1.33 bits per heavy atom. The van der Waals surface area contributed by atoms with Crippen molar-refractivity contribution in [3.8, 4) is 0 Å². The number of hydrogen-bond acceptors (Lipinski definition) is 6. The van der Waals surface area contributed by atoms with Gasteiger partial charge in [-0.05, 0) is 30.9 Å². The third kappa shape index (κ3) is 2.23. The van der Waals surface area contributed by atoms with Gasteiger partial charge in [-0.25, -0.2) is 9.97 Å². The highest BCUT2D eigenvalue weighted by Gasteiger charge is 2.16. The summed E-state index contributed by atoms with van der Waals surface area (Å²) in [5, 5.41) is 6.78. The number of nitrogens with one attached hydrogen (secondary N) is 1. The normalized spacial score (nSPS) is 11.7. The fourth-order valence-corrected chi connectivity index (χ4v) is 3.85. The predicted molar refractivity (Wildman–Crippen MR) is 84.0 cm³/mol. The fraction of sp³-hybridized carbons (Fsp3) is 0.143. The monoisotopic (exact) mass is 316 g/mol. The molecule has 4 aromatic rings. The summed E-state index contributed by atoms with van der Waals surface area (Å²) in [6, 6.07) is 7.77. The first-order valence-electron chi connectivity index (χ1n) is 6.47. The average molecular weight is 316 g/mol. The van der Waals surface area contributed by atoms with Crippen molar-refractivity contribution in [2.45, 2.75) is 16.8 Å². The Morgan fingerprint density at radius 2 is 2.24 bits per heavy atom. The van der Waals surface area contributed by atoms with Gasteiger partial charge in [0.15, 0.2) is 10.5 Å². The molecule has 1 aromatic carbocycles. The highest BCUT2D eigenvalue weighted by atomic mass is 32.2. The largest absolute Gasteiger partial charge is 0.431 e. The van der Waals surface area contributed by atoms with Crippen LogP contribution in [0.1, 0.15) is 5.69 Å². The summed E-state index contributed by atoms with van der Waals surface area (Å²) in [5.74, 6) is 0. The highest BCUT2D eigenvalue weighted by Crippen LogP contribution is 2.33. The maximum atomic E-state index is 5.76. The highest BCUT2D eigenvalue weighted by molar-refractivity contribution is 7.99. The Balaban J connectivity index is 1.75. The van der Waals surface area contributed by atoms with Gasteiger partial charge >= 0.3 is 0 Å². The average Bonchev–Trinajstić information content (AvgIpc) is 3.15. The number of fused-ring (bicyclic) bond motifs is 2. The third-order valence-electron chi connectivity index (χ3n) is 3.13. The van der Waals surface area contributed by atoms with E-state index in [2.05, 4.69) is 19.7 Å². The SMILES string of the molecule is CNCc1c(Sc2nc3ccccc3o2)nc2sccn12. The molecule has 0 radical (unpaired) electrons. The van der Waals surface area contributed by atoms with E-state index in [1.54, 1.807) is 11.3 Å². The molecule has 3 heterocycles. The first-order chi connectivity index (χ1) is 10.3. The zero-order valence-corrected chi connectivity index (χ0v) is 12.9. The molecule has 106 valence electrons. The summed E-state index contributed by atoms with van der Waals surface area (Å²) in [7, 11) is 1.93. The molecule has 21 heavy (non-hydrogen) atoms. The van der Waals surface area contributed by atoms with Crippen LogP contribution in [0.25, 0.3) is 16.1 Å². The van der Waals surface area contributed by atoms with Crippen LogP contribution in [0.2, 0.25) is 0 Å². The van der Waals surface area contributed by atoms with Crippen molar-refractivity contribution in [2.75, 3.05) is 7.05 Å². The minimum Gasteiger partial charge on any atom is -0.431 e. The van der Waals surface area contributed by atoms with Crippen molar-refractivity contribution in [3.05, 3.63) is 41.5 Å². The zero-order valence-electron chi connectivity index (χ0n) is 11.2. The van der Waals surface area contributed by atoms with E-state index in [1.807, 2.05) is 42.9 Å². The fourth-order valence-electron chi connectivity index (χ4n) is 2.20. The molecule has 0 atom stereocenters. The first kappa shape index (κ1) is 12.9. The number of hydrogen-bond donors (Lipinski definition) is 1. The molecule has 7 heteroatoms. The smallest absolute Gasteiger partial charge is 0.263 e. The summed E-state index contributed by atoms with van der Waals surface area (Å²) >= 11 is 3.09. The molecule has 0 saturated heterocycles. The maximum absolute atomic E-state index is 5.76. The van der Waals surface area contributed by atoms with Crippen molar-refractivity contribution >= 4 is 39.2 Å². The summed E-state index contributed by atoms with van der Waals surface area (Å²) in [6.07, 6.45) is 2.04. The predicted octanol–water partition coefficient (Wildman–Crippen LogP) is 3.41. The maximum Gasteiger partial charge on any atom is 0.263 e. The van der Waals surface area contributed by atoms with E-state index in [0.29, 0.717) is 5.22 Å². The number of aromatic nitrogens is 3. The molecule has 5 nitrogen and oxygen atoms in total. The van der Waals surface area contributed by atoms with E-state index in [9.17, 15) is 0 Å². The van der Waals surface area contributed by atoms with Gasteiger partial charge in [-0.2, -0.15) is 0 Å². The Morgan fingerprint density at radius 3 is 3.10 bits per heavy atom. The molecule has 0 aliphatic rings. The number of imidazole rings is 1. The lowest BCUT2D eigenvalue weighted by Gasteiger charge is -2.00. The van der Waals surface area contributed by atoms with Crippen molar-refractivity contribution in [2.24, 2.45) is 0 Å². The van der Waals surface area contributed by atoms with Gasteiger partial charge in [0.1, 0.15) is 10.5 Å². The molecule has 0 bridgehead atoms. The second kappa shape index (κ2) is 5.18. The molecule has 0 unspecified atom stereocenters. The molecule has 1 N–H and O–H groups in total. The Kier molecular flexibility index (Phi) is 3.17. The van der Waals surface area contributed by atoms with Crippen LogP contribution < -0.4 is 5.32 Å². The second-order valence-corrected chi connectivity index (χ2v) is 6.31. The number of thiazole rings is 1. The van der Waals surface area contributed by atoms with Crippen LogP contribution in [0.5, 0.6) is 0 Å². The molecule has 0 aliphatic carbocycles. The van der Waals surface area contributed by atoms with Gasteiger partial charge in [0.25, 0.3) is 5.22 Å². The Hall–Kier alpha value is -1.83. The quantitative estimate of drug-likeness (QED) is 0.625. The van der Waals surface area contributed by atoms with Crippen molar-refractivity contribution in [1.82, 2.24) is 19.7 Å². The lowest BCUT2D eigenvalue weighted by molar-refractivity contribution is 0.489. The van der Waals surface area contributed by atoms with Gasteiger partial charge in [-0.3, -0.25) is 4.40 Å². The molecule has 0 saturated carbocycles. The van der Waals surface area contributed by atoms with Crippen LogP contribution in [-0.2, 0) is 6.54 Å². The molecule has 3 aromatic heterocycles. The Bertz CT molecular complexity index is 875. The van der Waals surface area contributed by atoms with Crippen molar-refractivity contribution < 1.29 is 4.42 Å². The summed E-state index contributed by atoms with van der Waals surface area (Å²) < 4.78 is 7.87. The molecule has 0 fully saturated rings. The van der Waals surface area contributed by atoms with Gasteiger partial charge < -0.3 is 9.73 Å². The lowest BCUT2D eigenvalue weighted by Crippen LogP contribution is -2.08. The van der Waals surface area contributed by atoms with E-state index in [4.69, 9.17) is 4.42 Å². The molecule has 0 aliphatic heterocycles. The summed E-state index contributed by atoms with van der Waals surface area (Å²) in [6.45, 7) is 0.750. The van der Waals surface area contributed by atoms with Crippen LogP contribution in [0.4, 0.5) is 0 Å². The molecular formula is C14H12N4OS2. The van der Waals surface area contributed by atoms with E-state index in [-0.39, 0.29) is 0 Å². The number of para-hydroxylation sites is 2. The number of oxazole rings is 1. The van der Waals surface area contributed by atoms with Gasteiger partial charge in [0, 0.05) is 18.1 Å². The van der Waals surface area contributed by atoms with E-state index < -0.39 is 0 Å². The number of benzene rings is 1. The lowest BCUT2D eigenvalue weighted by atomic mass is 10.3. The molecule has 0 amide bonds. The number of rotatable bonds is 4. The second-order valence-electron chi connectivity index (χ2n) is 4.50. The van der Waals surface area contributed by atoms with Crippen LogP contribution in [0, 0.1) is 0 Å². The zero-order chi connectivity index (χ0) is 14.2. The minimum absolute atomic E-state index is 0.624. The minimum atomic E-state index is 0.624. The van der Waals surface area contributed by atoms with E-state index >= 15 is 0 Å². The summed E-state index contributed by atoms with van der Waals surface area (Å²) in [5.41, 5.74) is 2.80. The Labute approximate surface area is 129 Å². The van der Waals surface area contributed by atoms with Crippen LogP contribution in [-0.4, -0.2) is 21.4 Å². The van der Waals surface area contributed by atoms with Gasteiger partial charge in [0.2, 0.25) is 0 Å². The molecule has 0 spiro atoms. The first-order valence-corrected chi connectivity index (χ1v) is 8.17. The molecular weight excluding hydrogens is 304 g/mol. The third-order valence-corrected chi connectivity index (χ3v) is 4.75. The van der Waals surface area contributed by atoms with Crippen molar-refractivity contribution in [1.29, 1.82) is 0 Å².